The van der Waals surface area contributed by atoms with Gasteiger partial charge in [0.25, 0.3) is 0 Å². The molecular formula is C97H168O16P2. The van der Waals surface area contributed by atoms with Crippen LogP contribution in [-0.4, -0.2) is 95.9 Å². The van der Waals surface area contributed by atoms with Crippen LogP contribution in [0.4, 0.5) is 0 Å². The molecule has 0 spiro atoms. The number of ether oxygens (including phenoxy) is 3. The highest BCUT2D eigenvalue weighted by molar-refractivity contribution is 7.47. The topological polar surface area (TPSA) is 231 Å². The minimum Gasteiger partial charge on any atom is -0.463 e. The molecule has 0 aliphatic rings. The van der Waals surface area contributed by atoms with Crippen molar-refractivity contribution in [1.29, 1.82) is 0 Å². The molecule has 5 unspecified atom stereocenters. The van der Waals surface area contributed by atoms with E-state index in [2.05, 4.69) is 167 Å². The third kappa shape index (κ3) is 90.0. The number of esters is 3. The lowest BCUT2D eigenvalue weighted by Gasteiger charge is -2.21. The first-order chi connectivity index (χ1) is 56.2. The van der Waals surface area contributed by atoms with Gasteiger partial charge in [0, 0.05) is 19.3 Å². The summed E-state index contributed by atoms with van der Waals surface area (Å²) in [6.07, 6.45) is 112. The molecule has 0 heterocycles. The number of carbonyl (C=O) groups excluding carboxylic acids is 3. The van der Waals surface area contributed by atoms with Crippen molar-refractivity contribution in [3.8, 4) is 0 Å². The van der Waals surface area contributed by atoms with Crippen LogP contribution < -0.4 is 0 Å². The molecule has 0 aromatic rings. The summed E-state index contributed by atoms with van der Waals surface area (Å²) in [5.74, 6) is -1.59. The van der Waals surface area contributed by atoms with Crippen LogP contribution in [0, 0.1) is 0 Å². The summed E-state index contributed by atoms with van der Waals surface area (Å²) in [4.78, 5) is 59.0. The minimum atomic E-state index is -4.95. The summed E-state index contributed by atoms with van der Waals surface area (Å²) >= 11 is 0. The van der Waals surface area contributed by atoms with E-state index in [1.807, 2.05) is 0 Å². The van der Waals surface area contributed by atoms with E-state index in [9.17, 15) is 43.5 Å². The van der Waals surface area contributed by atoms with E-state index in [0.717, 1.165) is 154 Å². The number of unbranched alkanes of at least 4 members (excludes halogenated alkanes) is 40. The second kappa shape index (κ2) is 88.7. The molecule has 0 amide bonds. The number of hydrogen-bond acceptors (Lipinski definition) is 14. The first kappa shape index (κ1) is 110. The lowest BCUT2D eigenvalue weighted by atomic mass is 10.0. The Hall–Kier alpha value is -4.57. The number of allylic oxidation sites excluding steroid dienone is 24. The number of aliphatic hydroxyl groups excluding tert-OH is 2. The number of aliphatic hydroxyl groups is 2. The first-order valence-corrected chi connectivity index (χ1v) is 49.1. The highest BCUT2D eigenvalue weighted by Gasteiger charge is 2.29. The molecule has 5 atom stereocenters. The molecule has 0 aromatic heterocycles. The fourth-order valence-electron chi connectivity index (χ4n) is 12.5. The highest BCUT2D eigenvalue weighted by Crippen LogP contribution is 2.45. The van der Waals surface area contributed by atoms with Crippen LogP contribution in [0.25, 0.3) is 0 Å². The predicted molar refractivity (Wildman–Crippen MR) is 482 cm³/mol. The molecule has 115 heavy (non-hydrogen) atoms. The van der Waals surface area contributed by atoms with Crippen LogP contribution in [-0.2, 0) is 55.8 Å². The smallest absolute Gasteiger partial charge is 0.463 e. The summed E-state index contributed by atoms with van der Waals surface area (Å²) in [7, 11) is -9.82. The van der Waals surface area contributed by atoms with Crippen LogP contribution in [0.2, 0.25) is 0 Å². The SMILES string of the molecule is CCCCC/C=C\C/C=C\C/C=C\C/C=C\CCCCCCCCCCCCCCCC(=O)OCC(O)COP(=O)(O)OCC(O)COP(=O)(O)OCC(COC(=O)CCCCCCCCCCCCCCC/C=C\C/C=C\C/C=C\C/C=C\CCCCC)OC(=O)CCCCCCC/C=C\C/C=C\C/C=C\C/C=C\CCCCC. The number of phosphoric ester groups is 2. The molecule has 4 N–H and O–H groups in total. The average Bonchev–Trinajstić information content (AvgIpc) is 0.901. The zero-order valence-corrected chi connectivity index (χ0v) is 74.7. The molecule has 16 nitrogen and oxygen atoms in total. The molecule has 0 radical (unpaired) electrons. The Labute approximate surface area is 702 Å². The van der Waals surface area contributed by atoms with Gasteiger partial charge in [0.1, 0.15) is 25.4 Å². The van der Waals surface area contributed by atoms with Gasteiger partial charge in [-0.3, -0.25) is 32.5 Å². The Morgan fingerprint density at radius 1 is 0.243 bits per heavy atom. The van der Waals surface area contributed by atoms with Crippen molar-refractivity contribution in [3.05, 3.63) is 146 Å². The van der Waals surface area contributed by atoms with Gasteiger partial charge in [0.05, 0.1) is 26.4 Å². The summed E-state index contributed by atoms with van der Waals surface area (Å²) in [6.45, 7) is 2.62. The van der Waals surface area contributed by atoms with E-state index in [1.54, 1.807) is 0 Å². The van der Waals surface area contributed by atoms with Crippen LogP contribution in [0.3, 0.4) is 0 Å². The van der Waals surface area contributed by atoms with E-state index >= 15 is 0 Å². The molecule has 18 heteroatoms. The Bertz CT molecular complexity index is 2670. The maximum atomic E-state index is 13.1. The van der Waals surface area contributed by atoms with E-state index in [1.165, 1.54) is 180 Å². The van der Waals surface area contributed by atoms with Crippen molar-refractivity contribution in [2.45, 2.75) is 411 Å². The molecule has 0 aromatic carbocycles. The van der Waals surface area contributed by atoms with E-state index in [0.29, 0.717) is 19.3 Å². The summed E-state index contributed by atoms with van der Waals surface area (Å²) in [5.41, 5.74) is 0. The van der Waals surface area contributed by atoms with Gasteiger partial charge in [-0.05, 0) is 154 Å². The molecule has 0 rings (SSSR count). The van der Waals surface area contributed by atoms with E-state index < -0.39 is 91.5 Å². The van der Waals surface area contributed by atoms with Crippen LogP contribution >= 0.6 is 15.6 Å². The second-order valence-corrected chi connectivity index (χ2v) is 33.7. The largest absolute Gasteiger partial charge is 0.472 e. The summed E-state index contributed by atoms with van der Waals surface area (Å²) < 4.78 is 61.5. The van der Waals surface area contributed by atoms with Crippen LogP contribution in [0.1, 0.15) is 393 Å². The second-order valence-electron chi connectivity index (χ2n) is 30.7. The van der Waals surface area contributed by atoms with E-state index in [-0.39, 0.29) is 19.3 Å². The monoisotopic (exact) mass is 1650 g/mol. The molecule has 0 saturated carbocycles. The number of carbonyl (C=O) groups is 3. The molecule has 662 valence electrons. The number of phosphoric acid groups is 2. The minimum absolute atomic E-state index is 0.0808. The first-order valence-electron chi connectivity index (χ1n) is 46.1. The lowest BCUT2D eigenvalue weighted by Crippen LogP contribution is -2.30. The van der Waals surface area contributed by atoms with Crippen LogP contribution in [0.5, 0.6) is 0 Å². The van der Waals surface area contributed by atoms with Crippen molar-refractivity contribution < 1.29 is 75.8 Å². The van der Waals surface area contributed by atoms with Gasteiger partial charge in [-0.25, -0.2) is 9.13 Å². The average molecular weight is 1650 g/mol. The van der Waals surface area contributed by atoms with Gasteiger partial charge in [-0.15, -0.1) is 0 Å². The van der Waals surface area contributed by atoms with Gasteiger partial charge < -0.3 is 34.2 Å². The molecular weight excluding hydrogens is 1480 g/mol. The normalized spacial score (nSPS) is 14.5. The van der Waals surface area contributed by atoms with Gasteiger partial charge >= 0.3 is 33.6 Å². The van der Waals surface area contributed by atoms with Crippen molar-refractivity contribution in [1.82, 2.24) is 0 Å². The van der Waals surface area contributed by atoms with Gasteiger partial charge in [0.15, 0.2) is 6.10 Å². The van der Waals surface area contributed by atoms with Crippen molar-refractivity contribution in [2.75, 3.05) is 39.6 Å². The highest BCUT2D eigenvalue weighted by atomic mass is 31.2. The van der Waals surface area contributed by atoms with Crippen molar-refractivity contribution in [3.63, 3.8) is 0 Å². The maximum Gasteiger partial charge on any atom is 0.472 e. The zero-order chi connectivity index (χ0) is 83.6. The molecule has 0 saturated heterocycles. The summed E-state index contributed by atoms with van der Waals surface area (Å²) in [6, 6.07) is 0. The molecule has 0 aliphatic carbocycles. The Kier molecular flexibility index (Phi) is 85.2. The fraction of sp³-hybridized carbons (Fsp3) is 0.722. The summed E-state index contributed by atoms with van der Waals surface area (Å²) in [5, 5.41) is 20.7. The Balaban J connectivity index is 4.62. The van der Waals surface area contributed by atoms with Crippen molar-refractivity contribution >= 4 is 33.6 Å². The third-order valence-electron chi connectivity index (χ3n) is 19.5. The van der Waals surface area contributed by atoms with Crippen molar-refractivity contribution in [2.24, 2.45) is 0 Å². The quantitative estimate of drug-likeness (QED) is 0.0146. The zero-order valence-electron chi connectivity index (χ0n) is 72.9. The number of rotatable bonds is 87. The number of hydrogen-bond donors (Lipinski definition) is 4. The Morgan fingerprint density at radius 2 is 0.435 bits per heavy atom. The third-order valence-corrected chi connectivity index (χ3v) is 21.4. The molecule has 0 fully saturated rings. The lowest BCUT2D eigenvalue weighted by molar-refractivity contribution is -0.161. The Morgan fingerprint density at radius 3 is 0.687 bits per heavy atom. The fourth-order valence-corrected chi connectivity index (χ4v) is 14.1. The predicted octanol–water partition coefficient (Wildman–Crippen LogP) is 28.3. The van der Waals surface area contributed by atoms with Gasteiger partial charge in [-0.2, -0.15) is 0 Å². The van der Waals surface area contributed by atoms with E-state index in [4.69, 9.17) is 32.3 Å². The molecule has 0 aliphatic heterocycles. The van der Waals surface area contributed by atoms with Gasteiger partial charge in [-0.1, -0.05) is 366 Å². The standard InChI is InChI=1S/C97H168O16P2/c1-4-7-10-13-16-19-22-25-28-31-34-37-39-41-43-45-47-49-51-54-56-59-62-65-68-71-74-77-80-83-95(100)107-86-92(98)87-109-114(103,104)110-88-93(99)89-111-115(105,106)112-91-94(113-97(102)85-82-79-76-73-70-67-64-61-58-53-36-33-30-27-24-21-18-15-12-9-6-3)90-108-96(101)84-81-78-75-72-69-66-63-60-57-55-52-50-48-46-44-42-40-38-35-32-29-26-23-20-17-14-11-8-5-2/h16-21,25-30,34-38,41-44,53,61,64,92-94,98-99H,4-15,22-24,31-33,39-40,45-52,54-60,62-63,65-91H2,1-3H3,(H,103,104)(H,105,106)/b19-16-,20-17-,21-18-,28-25-,29-26-,30-27-,37-34-,38-35-,43-41-,44-42-,53-36-,64-61-. The molecule has 0 bridgehead atoms. The van der Waals surface area contributed by atoms with Gasteiger partial charge in [0.2, 0.25) is 0 Å². The van der Waals surface area contributed by atoms with Crippen LogP contribution in [0.15, 0.2) is 146 Å². The maximum absolute atomic E-state index is 13.1.